The van der Waals surface area contributed by atoms with Gasteiger partial charge in [0.2, 0.25) is 11.7 Å². The van der Waals surface area contributed by atoms with Crippen molar-refractivity contribution in [2.45, 2.75) is 12.7 Å². The number of halogens is 2. The number of nitrogens with zero attached hydrogens (tertiary/aromatic N) is 2. The summed E-state index contributed by atoms with van der Waals surface area (Å²) in [6, 6.07) is 0. The summed E-state index contributed by atoms with van der Waals surface area (Å²) >= 11 is 5.95. The van der Waals surface area contributed by atoms with Crippen LogP contribution < -0.4 is 16.0 Å². The molecule has 8 heteroatoms. The highest BCUT2D eigenvalue weighted by atomic mass is 35.5. The molecule has 0 unspecified atom stereocenters. The number of hydrogen-bond acceptors (Lipinski definition) is 6. The minimum absolute atomic E-state index is 0. The Labute approximate surface area is 111 Å². The van der Waals surface area contributed by atoms with Crippen molar-refractivity contribution in [2.24, 2.45) is 9.98 Å². The Morgan fingerprint density at radius 1 is 1.59 bits per heavy atom. The van der Waals surface area contributed by atoms with Gasteiger partial charge in [-0.3, -0.25) is 4.99 Å². The van der Waals surface area contributed by atoms with Crippen LogP contribution in [0.4, 0.5) is 0 Å². The molecule has 0 saturated heterocycles. The number of hydrogen-bond donors (Lipinski definition) is 3. The summed E-state index contributed by atoms with van der Waals surface area (Å²) in [7, 11) is 1.55. The molecule has 3 N–H and O–H groups in total. The lowest BCUT2D eigenvalue weighted by atomic mass is 10.3. The first-order chi connectivity index (χ1) is 7.61. The van der Waals surface area contributed by atoms with Crippen LogP contribution in [0.1, 0.15) is 6.92 Å². The van der Waals surface area contributed by atoms with E-state index in [1.807, 2.05) is 6.92 Å². The van der Waals surface area contributed by atoms with Gasteiger partial charge in [-0.1, -0.05) is 11.6 Å². The largest absolute Gasteiger partial charge is 0.481 e. The van der Waals surface area contributed by atoms with Gasteiger partial charge < -0.3 is 20.7 Å². The molecule has 0 aliphatic carbocycles. The standard InChI is InChI=1S/C9H14ClN5O.ClH/c1-9(15-8-11-3-4-12-8)13-6(10)5-7(14-9)16-2;/h5,13H,3-4H2,1-2H3,(H2,11,12,15);1H/t9-;/m0./s1. The van der Waals surface area contributed by atoms with Crippen molar-refractivity contribution in [3.63, 3.8) is 0 Å². The Morgan fingerprint density at radius 2 is 2.35 bits per heavy atom. The van der Waals surface area contributed by atoms with Crippen molar-refractivity contribution in [1.82, 2.24) is 16.0 Å². The van der Waals surface area contributed by atoms with Gasteiger partial charge in [0.15, 0.2) is 5.96 Å². The van der Waals surface area contributed by atoms with Crippen LogP contribution in [0.25, 0.3) is 0 Å². The first kappa shape index (κ1) is 13.9. The van der Waals surface area contributed by atoms with E-state index in [-0.39, 0.29) is 12.4 Å². The molecular formula is C9H15Cl2N5O. The van der Waals surface area contributed by atoms with Crippen molar-refractivity contribution in [3.05, 3.63) is 11.2 Å². The zero-order chi connectivity index (χ0) is 11.6. The van der Waals surface area contributed by atoms with Crippen LogP contribution in [0.2, 0.25) is 0 Å². The van der Waals surface area contributed by atoms with Crippen LogP contribution in [-0.2, 0) is 4.74 Å². The van der Waals surface area contributed by atoms with Crippen molar-refractivity contribution in [3.8, 4) is 0 Å². The molecule has 2 aliphatic rings. The Morgan fingerprint density at radius 3 is 2.94 bits per heavy atom. The minimum atomic E-state index is -0.743. The van der Waals surface area contributed by atoms with Crippen LogP contribution in [0.15, 0.2) is 21.2 Å². The van der Waals surface area contributed by atoms with E-state index in [1.54, 1.807) is 13.2 Å². The zero-order valence-corrected chi connectivity index (χ0v) is 11.2. The van der Waals surface area contributed by atoms with Gasteiger partial charge in [0.05, 0.1) is 13.7 Å². The van der Waals surface area contributed by atoms with Gasteiger partial charge in [0, 0.05) is 12.6 Å². The molecule has 0 aromatic rings. The van der Waals surface area contributed by atoms with Crippen LogP contribution in [0.3, 0.4) is 0 Å². The fraction of sp³-hybridized carbons (Fsp3) is 0.556. The predicted octanol–water partition coefficient (Wildman–Crippen LogP) is 0.359. The highest BCUT2D eigenvalue weighted by Crippen LogP contribution is 2.14. The number of guanidine groups is 1. The van der Waals surface area contributed by atoms with Crippen LogP contribution in [-0.4, -0.2) is 37.8 Å². The van der Waals surface area contributed by atoms with E-state index in [2.05, 4.69) is 25.9 Å². The molecule has 96 valence electrons. The number of rotatable bonds is 1. The summed E-state index contributed by atoms with van der Waals surface area (Å²) in [6.07, 6.45) is 1.62. The third-order valence-corrected chi connectivity index (χ3v) is 2.40. The summed E-state index contributed by atoms with van der Waals surface area (Å²) < 4.78 is 5.07. The lowest BCUT2D eigenvalue weighted by Crippen LogP contribution is -2.58. The second kappa shape index (κ2) is 5.46. The first-order valence-corrected chi connectivity index (χ1v) is 5.35. The van der Waals surface area contributed by atoms with Gasteiger partial charge in [0.1, 0.15) is 5.16 Å². The van der Waals surface area contributed by atoms with E-state index in [0.717, 1.165) is 13.1 Å². The maximum atomic E-state index is 5.95. The summed E-state index contributed by atoms with van der Waals surface area (Å²) in [4.78, 5) is 8.57. The quantitative estimate of drug-likeness (QED) is 0.607. The lowest BCUT2D eigenvalue weighted by molar-refractivity contribution is 0.339. The maximum absolute atomic E-state index is 5.95. The Hall–Kier alpha value is -1.14. The molecule has 0 fully saturated rings. The fourth-order valence-electron chi connectivity index (χ4n) is 1.53. The molecule has 1 atom stereocenters. The number of nitrogens with one attached hydrogen (secondary N) is 3. The fourth-order valence-corrected chi connectivity index (χ4v) is 1.81. The smallest absolute Gasteiger partial charge is 0.215 e. The molecule has 2 aliphatic heterocycles. The molecule has 2 rings (SSSR count). The number of aliphatic imine (C=N–C) groups is 2. The van der Waals surface area contributed by atoms with Gasteiger partial charge in [-0.05, 0) is 6.92 Å². The molecule has 0 bridgehead atoms. The van der Waals surface area contributed by atoms with Gasteiger partial charge in [0.25, 0.3) is 0 Å². The average molecular weight is 280 g/mol. The summed E-state index contributed by atoms with van der Waals surface area (Å²) in [5.41, 5.74) is 0. The third-order valence-electron chi connectivity index (χ3n) is 2.19. The molecule has 0 saturated carbocycles. The Bertz CT molecular complexity index is 382. The maximum Gasteiger partial charge on any atom is 0.215 e. The SMILES string of the molecule is COC1=N[C@@](C)(NC2=NCCN2)NC(Cl)=C1.Cl. The van der Waals surface area contributed by atoms with Crippen molar-refractivity contribution < 1.29 is 4.74 Å². The summed E-state index contributed by atoms with van der Waals surface area (Å²) in [5.74, 6) is 0.436. The van der Waals surface area contributed by atoms with E-state index in [0.29, 0.717) is 17.0 Å². The highest BCUT2D eigenvalue weighted by Gasteiger charge is 2.29. The van der Waals surface area contributed by atoms with Crippen LogP contribution in [0.5, 0.6) is 0 Å². The normalized spacial score (nSPS) is 26.6. The van der Waals surface area contributed by atoms with Gasteiger partial charge in [-0.15, -0.1) is 12.4 Å². The molecule has 17 heavy (non-hydrogen) atoms. The van der Waals surface area contributed by atoms with Crippen LogP contribution >= 0.6 is 24.0 Å². The first-order valence-electron chi connectivity index (χ1n) is 4.97. The third kappa shape index (κ3) is 3.41. The van der Waals surface area contributed by atoms with Crippen molar-refractivity contribution >= 4 is 35.9 Å². The Balaban J connectivity index is 0.00000144. The molecule has 0 amide bonds. The highest BCUT2D eigenvalue weighted by molar-refractivity contribution is 6.31. The van der Waals surface area contributed by atoms with Crippen molar-refractivity contribution in [1.29, 1.82) is 0 Å². The average Bonchev–Trinajstić information content (AvgIpc) is 2.68. The minimum Gasteiger partial charge on any atom is -0.481 e. The number of methoxy groups -OCH3 is 1. The number of ether oxygens (including phenoxy) is 1. The van der Waals surface area contributed by atoms with Gasteiger partial charge >= 0.3 is 0 Å². The van der Waals surface area contributed by atoms with Crippen LogP contribution in [0, 0.1) is 0 Å². The second-order valence-corrected chi connectivity index (χ2v) is 4.03. The van der Waals surface area contributed by atoms with E-state index in [1.165, 1.54) is 0 Å². The van der Waals surface area contributed by atoms with E-state index in [4.69, 9.17) is 16.3 Å². The summed E-state index contributed by atoms with van der Waals surface area (Å²) in [6.45, 7) is 3.45. The van der Waals surface area contributed by atoms with E-state index < -0.39 is 5.79 Å². The lowest BCUT2D eigenvalue weighted by Gasteiger charge is -2.31. The molecule has 0 aromatic heterocycles. The topological polar surface area (TPSA) is 70.0 Å². The molecular weight excluding hydrogens is 265 g/mol. The molecule has 2 heterocycles. The monoisotopic (exact) mass is 279 g/mol. The molecule has 6 nitrogen and oxygen atoms in total. The molecule has 0 radical (unpaired) electrons. The van der Waals surface area contributed by atoms with E-state index >= 15 is 0 Å². The second-order valence-electron chi connectivity index (χ2n) is 3.63. The van der Waals surface area contributed by atoms with E-state index in [9.17, 15) is 0 Å². The predicted molar refractivity (Wildman–Crippen MR) is 70.6 cm³/mol. The Kier molecular flexibility index (Phi) is 4.47. The van der Waals surface area contributed by atoms with Gasteiger partial charge in [-0.25, -0.2) is 4.99 Å². The van der Waals surface area contributed by atoms with Crippen molar-refractivity contribution in [2.75, 3.05) is 20.2 Å². The van der Waals surface area contributed by atoms with Gasteiger partial charge in [-0.2, -0.15) is 0 Å². The zero-order valence-electron chi connectivity index (χ0n) is 9.58. The molecule has 0 spiro atoms. The summed E-state index contributed by atoms with van der Waals surface area (Å²) in [5, 5.41) is 9.71. The molecule has 0 aromatic carbocycles.